The lowest BCUT2D eigenvalue weighted by Gasteiger charge is -2.25. The quantitative estimate of drug-likeness (QED) is 0.724. The van der Waals surface area contributed by atoms with Crippen molar-refractivity contribution in [2.75, 3.05) is 13.7 Å². The maximum absolute atomic E-state index is 12.1. The topological polar surface area (TPSA) is 75.6 Å². The van der Waals surface area contributed by atoms with Crippen LogP contribution in [-0.2, 0) is 21.4 Å². The first-order valence-electron chi connectivity index (χ1n) is 8.64. The van der Waals surface area contributed by atoms with Crippen LogP contribution < -0.4 is 10.1 Å². The number of carboxylic acid groups (broad SMARTS) is 1. The summed E-state index contributed by atoms with van der Waals surface area (Å²) in [7, 11) is 1.62. The second-order valence-corrected chi connectivity index (χ2v) is 6.48. The number of ether oxygens (including phenoxy) is 1. The van der Waals surface area contributed by atoms with Gasteiger partial charge >= 0.3 is 5.97 Å². The largest absolute Gasteiger partial charge is 0.497 e. The summed E-state index contributed by atoms with van der Waals surface area (Å²) in [5, 5.41) is 12.4. The number of aryl methyl sites for hydroxylation is 1. The molecule has 0 bridgehead atoms. The van der Waals surface area contributed by atoms with Gasteiger partial charge in [0.05, 0.1) is 7.11 Å². The van der Waals surface area contributed by atoms with Gasteiger partial charge in [-0.25, -0.2) is 0 Å². The van der Waals surface area contributed by atoms with Gasteiger partial charge < -0.3 is 15.2 Å². The average Bonchev–Trinajstić information content (AvgIpc) is 2.67. The number of rotatable bonds is 9. The Kier molecular flexibility index (Phi) is 6.78. The molecule has 1 amide bonds. The van der Waals surface area contributed by atoms with E-state index in [1.54, 1.807) is 38.3 Å². The number of nitrogens with one attached hydrogen (secondary N) is 1. The molecule has 1 unspecified atom stereocenters. The Morgan fingerprint density at radius 3 is 2.31 bits per heavy atom. The second kappa shape index (κ2) is 9.04. The molecule has 2 rings (SSSR count). The maximum Gasteiger partial charge on any atom is 0.315 e. The Morgan fingerprint density at radius 1 is 1.08 bits per heavy atom. The zero-order valence-corrected chi connectivity index (χ0v) is 15.2. The highest BCUT2D eigenvalue weighted by atomic mass is 16.5. The third-order valence-electron chi connectivity index (χ3n) is 4.55. The summed E-state index contributed by atoms with van der Waals surface area (Å²) in [6.07, 6.45) is 1.84. The fourth-order valence-electron chi connectivity index (χ4n) is 2.72. The van der Waals surface area contributed by atoms with Crippen molar-refractivity contribution in [1.82, 2.24) is 5.32 Å². The molecular weight excluding hydrogens is 330 g/mol. The van der Waals surface area contributed by atoms with E-state index in [-0.39, 0.29) is 12.5 Å². The fourth-order valence-corrected chi connectivity index (χ4v) is 2.72. The van der Waals surface area contributed by atoms with Crippen LogP contribution in [0, 0.1) is 0 Å². The molecule has 0 aromatic heterocycles. The van der Waals surface area contributed by atoms with Crippen LogP contribution in [0.3, 0.4) is 0 Å². The zero-order valence-electron chi connectivity index (χ0n) is 15.2. The molecule has 138 valence electrons. The molecule has 5 nitrogen and oxygen atoms in total. The molecule has 0 aliphatic carbocycles. The van der Waals surface area contributed by atoms with E-state index in [4.69, 9.17) is 4.74 Å². The Bertz CT molecular complexity index is 727. The number of benzene rings is 2. The lowest BCUT2D eigenvalue weighted by Crippen LogP contribution is -2.44. The van der Waals surface area contributed by atoms with Crippen LogP contribution in [0.4, 0.5) is 0 Å². The van der Waals surface area contributed by atoms with Crippen molar-refractivity contribution < 1.29 is 19.4 Å². The molecule has 0 aliphatic heterocycles. The van der Waals surface area contributed by atoms with E-state index in [1.165, 1.54) is 0 Å². The van der Waals surface area contributed by atoms with Crippen LogP contribution in [0.15, 0.2) is 54.6 Å². The van der Waals surface area contributed by atoms with Gasteiger partial charge in [0, 0.05) is 13.0 Å². The molecule has 5 heteroatoms. The smallest absolute Gasteiger partial charge is 0.315 e. The van der Waals surface area contributed by atoms with E-state index in [1.807, 2.05) is 30.3 Å². The van der Waals surface area contributed by atoms with Crippen LogP contribution in [0.1, 0.15) is 30.9 Å². The molecule has 0 heterocycles. The second-order valence-electron chi connectivity index (χ2n) is 6.48. The molecule has 0 spiro atoms. The Balaban J connectivity index is 1.83. The Hall–Kier alpha value is -2.82. The number of aliphatic carboxylic acids is 1. The van der Waals surface area contributed by atoms with Crippen LogP contribution in [0.2, 0.25) is 0 Å². The summed E-state index contributed by atoms with van der Waals surface area (Å²) in [6, 6.07) is 16.7. The molecule has 1 atom stereocenters. The SMILES string of the molecule is COc1ccc(CCCC(=O)NCC(C)(C(=O)O)c2ccccc2)cc1. The predicted octanol–water partition coefficient (Wildman–Crippen LogP) is 3.18. The summed E-state index contributed by atoms with van der Waals surface area (Å²) < 4.78 is 5.12. The summed E-state index contributed by atoms with van der Waals surface area (Å²) >= 11 is 0. The lowest BCUT2D eigenvalue weighted by molar-refractivity contribution is -0.143. The number of hydrogen-bond acceptors (Lipinski definition) is 3. The number of carboxylic acids is 1. The van der Waals surface area contributed by atoms with Crippen LogP contribution in [-0.4, -0.2) is 30.6 Å². The number of amides is 1. The van der Waals surface area contributed by atoms with Crippen molar-refractivity contribution in [3.63, 3.8) is 0 Å². The van der Waals surface area contributed by atoms with Gasteiger partial charge in [-0.2, -0.15) is 0 Å². The summed E-state index contributed by atoms with van der Waals surface area (Å²) in [5.41, 5.74) is 0.664. The number of carbonyl (C=O) groups is 2. The normalized spacial score (nSPS) is 12.8. The van der Waals surface area contributed by atoms with E-state index in [2.05, 4.69) is 5.32 Å². The molecule has 0 radical (unpaired) electrons. The molecule has 0 fully saturated rings. The van der Waals surface area contributed by atoms with Gasteiger partial charge in [0.25, 0.3) is 0 Å². The van der Waals surface area contributed by atoms with E-state index in [0.29, 0.717) is 18.4 Å². The van der Waals surface area contributed by atoms with Gasteiger partial charge in [-0.3, -0.25) is 9.59 Å². The molecule has 26 heavy (non-hydrogen) atoms. The highest BCUT2D eigenvalue weighted by molar-refractivity contribution is 5.83. The van der Waals surface area contributed by atoms with Crippen molar-refractivity contribution >= 4 is 11.9 Å². The van der Waals surface area contributed by atoms with Gasteiger partial charge in [-0.15, -0.1) is 0 Å². The number of hydrogen-bond donors (Lipinski definition) is 2. The van der Waals surface area contributed by atoms with Crippen LogP contribution >= 0.6 is 0 Å². The van der Waals surface area contributed by atoms with Crippen LogP contribution in [0.5, 0.6) is 5.75 Å². The van der Waals surface area contributed by atoms with Crippen molar-refractivity contribution in [2.45, 2.75) is 31.6 Å². The molecule has 2 N–H and O–H groups in total. The van der Waals surface area contributed by atoms with E-state index >= 15 is 0 Å². The average molecular weight is 355 g/mol. The third-order valence-corrected chi connectivity index (χ3v) is 4.55. The van der Waals surface area contributed by atoms with Crippen molar-refractivity contribution in [3.8, 4) is 5.75 Å². The van der Waals surface area contributed by atoms with Crippen molar-refractivity contribution in [1.29, 1.82) is 0 Å². The highest BCUT2D eigenvalue weighted by Crippen LogP contribution is 2.23. The summed E-state index contributed by atoms with van der Waals surface area (Å²) in [6.45, 7) is 1.69. The van der Waals surface area contributed by atoms with Gasteiger partial charge in [0.15, 0.2) is 0 Å². The minimum absolute atomic E-state index is 0.0632. The lowest BCUT2D eigenvalue weighted by atomic mass is 9.82. The van der Waals surface area contributed by atoms with Crippen molar-refractivity contribution in [2.24, 2.45) is 0 Å². The number of carbonyl (C=O) groups excluding carboxylic acids is 1. The summed E-state index contributed by atoms with van der Waals surface area (Å²) in [4.78, 5) is 23.8. The molecule has 2 aromatic carbocycles. The van der Waals surface area contributed by atoms with Gasteiger partial charge in [-0.1, -0.05) is 42.5 Å². The molecule has 0 saturated heterocycles. The fraction of sp³-hybridized carbons (Fsp3) is 0.333. The Labute approximate surface area is 154 Å². The van der Waals surface area contributed by atoms with Crippen LogP contribution in [0.25, 0.3) is 0 Å². The van der Waals surface area contributed by atoms with Gasteiger partial charge in [0.2, 0.25) is 5.91 Å². The van der Waals surface area contributed by atoms with E-state index in [0.717, 1.165) is 17.7 Å². The first-order chi connectivity index (χ1) is 12.5. The first-order valence-corrected chi connectivity index (χ1v) is 8.64. The zero-order chi connectivity index (χ0) is 19.0. The number of methoxy groups -OCH3 is 1. The first kappa shape index (κ1) is 19.5. The van der Waals surface area contributed by atoms with E-state index in [9.17, 15) is 14.7 Å². The Morgan fingerprint density at radius 2 is 1.73 bits per heavy atom. The molecular formula is C21H25NO4. The third kappa shape index (κ3) is 5.09. The van der Waals surface area contributed by atoms with E-state index < -0.39 is 11.4 Å². The minimum Gasteiger partial charge on any atom is -0.497 e. The summed E-state index contributed by atoms with van der Waals surface area (Å²) in [5.74, 6) is -0.287. The van der Waals surface area contributed by atoms with Gasteiger partial charge in [-0.05, 0) is 43.0 Å². The predicted molar refractivity (Wildman–Crippen MR) is 100 cm³/mol. The highest BCUT2D eigenvalue weighted by Gasteiger charge is 2.35. The maximum atomic E-state index is 12.1. The van der Waals surface area contributed by atoms with Crippen molar-refractivity contribution in [3.05, 3.63) is 65.7 Å². The molecule has 0 saturated carbocycles. The monoisotopic (exact) mass is 355 g/mol. The molecule has 0 aliphatic rings. The minimum atomic E-state index is -1.15. The standard InChI is InChI=1S/C21H25NO4/c1-21(20(24)25,17-8-4-3-5-9-17)15-22-19(23)10-6-7-16-11-13-18(26-2)14-12-16/h3-5,8-9,11-14H,6-7,10,15H2,1-2H3,(H,22,23)(H,24,25). The van der Waals surface area contributed by atoms with Gasteiger partial charge in [0.1, 0.15) is 11.2 Å². The molecule has 2 aromatic rings.